The molecule has 17 heavy (non-hydrogen) atoms. The Bertz CT molecular complexity index is 470. The predicted octanol–water partition coefficient (Wildman–Crippen LogP) is 2.59. The number of pyridine rings is 1. The van der Waals surface area contributed by atoms with Crippen LogP contribution in [0.4, 0.5) is 0 Å². The van der Waals surface area contributed by atoms with Crippen molar-refractivity contribution in [3.05, 3.63) is 45.6 Å². The number of rotatable bonds is 5. The van der Waals surface area contributed by atoms with E-state index in [-0.39, 0.29) is 0 Å². The average molecular weight is 360 g/mol. The van der Waals surface area contributed by atoms with E-state index in [1.54, 1.807) is 12.4 Å². The monoisotopic (exact) mass is 358 g/mol. The summed E-state index contributed by atoms with van der Waals surface area (Å²) in [5.74, 6) is 0. The van der Waals surface area contributed by atoms with E-state index in [0.29, 0.717) is 0 Å². The number of halogens is 2. The van der Waals surface area contributed by atoms with Gasteiger partial charge in [0.15, 0.2) is 0 Å². The lowest BCUT2D eigenvalue weighted by atomic mass is 10.3. The molecule has 2 aromatic heterocycles. The quantitative estimate of drug-likeness (QED) is 0.834. The third-order valence-corrected chi connectivity index (χ3v) is 3.40. The summed E-state index contributed by atoms with van der Waals surface area (Å²) < 4.78 is 4.03. The number of hydrogen-bond acceptors (Lipinski definition) is 3. The van der Waals surface area contributed by atoms with E-state index in [1.165, 1.54) is 0 Å². The van der Waals surface area contributed by atoms with E-state index in [4.69, 9.17) is 0 Å². The molecule has 2 heterocycles. The van der Waals surface area contributed by atoms with Crippen LogP contribution in [-0.4, -0.2) is 21.1 Å². The zero-order chi connectivity index (χ0) is 12.1. The van der Waals surface area contributed by atoms with Crippen molar-refractivity contribution in [1.82, 2.24) is 19.9 Å². The lowest BCUT2D eigenvalue weighted by molar-refractivity contribution is 0.591. The van der Waals surface area contributed by atoms with Crippen molar-refractivity contribution in [1.29, 1.82) is 0 Å². The summed E-state index contributed by atoms with van der Waals surface area (Å²) in [4.78, 5) is 8.33. The van der Waals surface area contributed by atoms with E-state index in [1.807, 2.05) is 23.2 Å². The molecule has 0 bridgehead atoms. The highest BCUT2D eigenvalue weighted by Gasteiger charge is 2.01. The Labute approximate surface area is 117 Å². The minimum absolute atomic E-state index is 0.753. The van der Waals surface area contributed by atoms with E-state index in [2.05, 4.69) is 47.1 Å². The maximum Gasteiger partial charge on any atom is 0.0946 e. The Balaban J connectivity index is 1.78. The van der Waals surface area contributed by atoms with Gasteiger partial charge in [-0.15, -0.1) is 0 Å². The van der Waals surface area contributed by atoms with Crippen LogP contribution in [0.2, 0.25) is 0 Å². The van der Waals surface area contributed by atoms with Gasteiger partial charge in [-0.3, -0.25) is 4.98 Å². The average Bonchev–Trinajstić information content (AvgIpc) is 2.79. The highest BCUT2D eigenvalue weighted by molar-refractivity contribution is 9.11. The van der Waals surface area contributed by atoms with Crippen LogP contribution in [0.5, 0.6) is 0 Å². The molecule has 90 valence electrons. The Hall–Kier alpha value is -0.720. The van der Waals surface area contributed by atoms with Gasteiger partial charge in [0.05, 0.1) is 12.0 Å². The predicted molar refractivity (Wildman–Crippen MR) is 73.6 cm³/mol. The standard InChI is InChI=1S/C11H12Br2N4/c12-9-5-10(13)11(16-6-9)7-14-1-3-17-4-2-15-8-17/h2,4-6,8,14H,1,3,7H2. The van der Waals surface area contributed by atoms with Crippen LogP contribution in [-0.2, 0) is 13.1 Å². The maximum atomic E-state index is 4.34. The van der Waals surface area contributed by atoms with E-state index in [9.17, 15) is 0 Å². The summed E-state index contributed by atoms with van der Waals surface area (Å²) in [5.41, 5.74) is 1.01. The zero-order valence-electron chi connectivity index (χ0n) is 9.11. The lowest BCUT2D eigenvalue weighted by Crippen LogP contribution is -2.19. The third-order valence-electron chi connectivity index (χ3n) is 2.28. The van der Waals surface area contributed by atoms with Crippen LogP contribution in [0, 0.1) is 0 Å². The molecule has 1 N–H and O–H groups in total. The van der Waals surface area contributed by atoms with Crippen molar-refractivity contribution in [2.24, 2.45) is 0 Å². The van der Waals surface area contributed by atoms with E-state index in [0.717, 1.165) is 34.3 Å². The molecule has 2 rings (SSSR count). The van der Waals surface area contributed by atoms with Gasteiger partial charge < -0.3 is 9.88 Å². The van der Waals surface area contributed by atoms with Gasteiger partial charge in [0, 0.05) is 47.2 Å². The van der Waals surface area contributed by atoms with Crippen LogP contribution in [0.25, 0.3) is 0 Å². The fraction of sp³-hybridized carbons (Fsp3) is 0.273. The van der Waals surface area contributed by atoms with Crippen molar-refractivity contribution in [3.63, 3.8) is 0 Å². The van der Waals surface area contributed by atoms with Crippen LogP contribution in [0.15, 0.2) is 39.9 Å². The van der Waals surface area contributed by atoms with Crippen molar-refractivity contribution in [2.75, 3.05) is 6.54 Å². The van der Waals surface area contributed by atoms with Gasteiger partial charge in [-0.1, -0.05) is 0 Å². The number of hydrogen-bond donors (Lipinski definition) is 1. The fourth-order valence-corrected chi connectivity index (χ4v) is 2.53. The Morgan fingerprint density at radius 1 is 1.35 bits per heavy atom. The molecule has 0 unspecified atom stereocenters. The van der Waals surface area contributed by atoms with Crippen molar-refractivity contribution in [2.45, 2.75) is 13.1 Å². The lowest BCUT2D eigenvalue weighted by Gasteiger charge is -2.06. The maximum absolute atomic E-state index is 4.34. The van der Waals surface area contributed by atoms with E-state index >= 15 is 0 Å². The van der Waals surface area contributed by atoms with Gasteiger partial charge in [-0.2, -0.15) is 0 Å². The number of aromatic nitrogens is 3. The summed E-state index contributed by atoms with van der Waals surface area (Å²) in [7, 11) is 0. The molecule has 0 saturated heterocycles. The Morgan fingerprint density at radius 3 is 2.94 bits per heavy atom. The minimum atomic E-state index is 0.753. The Morgan fingerprint density at radius 2 is 2.24 bits per heavy atom. The number of imidazole rings is 1. The van der Waals surface area contributed by atoms with Gasteiger partial charge in [-0.05, 0) is 37.9 Å². The summed E-state index contributed by atoms with van der Waals surface area (Å²) >= 11 is 6.87. The molecule has 0 radical (unpaired) electrons. The summed E-state index contributed by atoms with van der Waals surface area (Å²) in [6.07, 6.45) is 7.36. The highest BCUT2D eigenvalue weighted by Crippen LogP contribution is 2.19. The smallest absolute Gasteiger partial charge is 0.0946 e. The molecule has 0 aliphatic rings. The van der Waals surface area contributed by atoms with Crippen LogP contribution in [0.3, 0.4) is 0 Å². The molecule has 0 amide bonds. The topological polar surface area (TPSA) is 42.7 Å². The molecule has 6 heteroatoms. The first-order valence-corrected chi connectivity index (χ1v) is 6.80. The van der Waals surface area contributed by atoms with Crippen molar-refractivity contribution < 1.29 is 0 Å². The second-order valence-corrected chi connectivity index (χ2v) is 5.33. The van der Waals surface area contributed by atoms with E-state index < -0.39 is 0 Å². The molecule has 0 aliphatic carbocycles. The van der Waals surface area contributed by atoms with Gasteiger partial charge in [-0.25, -0.2) is 4.98 Å². The summed E-state index contributed by atoms with van der Waals surface area (Å²) in [6, 6.07) is 2.00. The van der Waals surface area contributed by atoms with Gasteiger partial charge >= 0.3 is 0 Å². The first-order chi connectivity index (χ1) is 8.25. The summed E-state index contributed by atoms with van der Waals surface area (Å²) in [5, 5.41) is 3.34. The largest absolute Gasteiger partial charge is 0.336 e. The highest BCUT2D eigenvalue weighted by atomic mass is 79.9. The van der Waals surface area contributed by atoms with Gasteiger partial charge in [0.2, 0.25) is 0 Å². The molecule has 4 nitrogen and oxygen atoms in total. The minimum Gasteiger partial charge on any atom is -0.336 e. The molecule has 0 spiro atoms. The first kappa shape index (κ1) is 12.7. The Kier molecular flexibility index (Phi) is 4.70. The second-order valence-electron chi connectivity index (χ2n) is 3.56. The molecular formula is C11H12Br2N4. The summed E-state index contributed by atoms with van der Waals surface area (Å²) in [6.45, 7) is 2.55. The number of nitrogens with zero attached hydrogens (tertiary/aromatic N) is 3. The van der Waals surface area contributed by atoms with Crippen LogP contribution >= 0.6 is 31.9 Å². The fourth-order valence-electron chi connectivity index (χ4n) is 1.41. The third kappa shape index (κ3) is 3.90. The van der Waals surface area contributed by atoms with Crippen molar-refractivity contribution >= 4 is 31.9 Å². The molecule has 2 aromatic rings. The molecule has 0 atom stereocenters. The molecule has 0 aromatic carbocycles. The number of nitrogens with one attached hydrogen (secondary N) is 1. The van der Waals surface area contributed by atoms with Crippen molar-refractivity contribution in [3.8, 4) is 0 Å². The molecule has 0 fully saturated rings. The van der Waals surface area contributed by atoms with Crippen LogP contribution in [0.1, 0.15) is 5.69 Å². The normalized spacial score (nSPS) is 10.7. The zero-order valence-corrected chi connectivity index (χ0v) is 12.3. The molecule has 0 aliphatic heterocycles. The molecule has 0 saturated carbocycles. The molecular weight excluding hydrogens is 348 g/mol. The first-order valence-electron chi connectivity index (χ1n) is 5.22. The van der Waals surface area contributed by atoms with Gasteiger partial charge in [0.25, 0.3) is 0 Å². The van der Waals surface area contributed by atoms with Gasteiger partial charge in [0.1, 0.15) is 0 Å². The van der Waals surface area contributed by atoms with Crippen LogP contribution < -0.4 is 5.32 Å². The second kappa shape index (κ2) is 6.28. The SMILES string of the molecule is Brc1cnc(CNCCn2ccnc2)c(Br)c1.